The molecule has 1 heterocycles. The Morgan fingerprint density at radius 2 is 1.76 bits per heavy atom. The summed E-state index contributed by atoms with van der Waals surface area (Å²) in [6.45, 7) is 10.4. The summed E-state index contributed by atoms with van der Waals surface area (Å²) in [7, 11) is 0. The van der Waals surface area contributed by atoms with Crippen LogP contribution in [0.15, 0.2) is 36.5 Å². The molecule has 0 atom stereocenters. The standard InChI is InChI=1S/C17H26N4/c1-4-13-21-17(11-12-19-21)14-18-15-7-9-16(10-8-15)20(5-2)6-3/h7-12,18H,4-6,13-14H2,1-3H3. The van der Waals surface area contributed by atoms with Gasteiger partial charge in [0.15, 0.2) is 0 Å². The molecule has 1 aromatic carbocycles. The SMILES string of the molecule is CCCn1nccc1CNc1ccc(N(CC)CC)cc1. The van der Waals surface area contributed by atoms with Crippen LogP contribution in [0, 0.1) is 0 Å². The van der Waals surface area contributed by atoms with Crippen LogP contribution in [-0.4, -0.2) is 22.9 Å². The highest BCUT2D eigenvalue weighted by Gasteiger charge is 2.03. The first-order valence-electron chi connectivity index (χ1n) is 7.88. The van der Waals surface area contributed by atoms with Gasteiger partial charge in [-0.05, 0) is 50.6 Å². The van der Waals surface area contributed by atoms with Crippen molar-refractivity contribution in [1.29, 1.82) is 0 Å². The first kappa shape index (κ1) is 15.4. The Bertz CT molecular complexity index is 526. The van der Waals surface area contributed by atoms with Gasteiger partial charge < -0.3 is 10.2 Å². The summed E-state index contributed by atoms with van der Waals surface area (Å²) in [6, 6.07) is 10.7. The number of anilines is 2. The lowest BCUT2D eigenvalue weighted by Crippen LogP contribution is -2.21. The zero-order valence-corrected chi connectivity index (χ0v) is 13.3. The molecule has 114 valence electrons. The van der Waals surface area contributed by atoms with Gasteiger partial charge in [-0.1, -0.05) is 6.92 Å². The van der Waals surface area contributed by atoms with Crippen molar-refractivity contribution in [2.75, 3.05) is 23.3 Å². The first-order chi connectivity index (χ1) is 10.3. The highest BCUT2D eigenvalue weighted by atomic mass is 15.3. The Morgan fingerprint density at radius 3 is 2.38 bits per heavy atom. The van der Waals surface area contributed by atoms with Gasteiger partial charge in [-0.2, -0.15) is 5.10 Å². The third-order valence-corrected chi connectivity index (χ3v) is 3.71. The van der Waals surface area contributed by atoms with E-state index < -0.39 is 0 Å². The summed E-state index contributed by atoms with van der Waals surface area (Å²) in [5.41, 5.74) is 3.65. The lowest BCUT2D eigenvalue weighted by atomic mass is 10.2. The van der Waals surface area contributed by atoms with Crippen LogP contribution in [0.3, 0.4) is 0 Å². The number of benzene rings is 1. The zero-order valence-electron chi connectivity index (χ0n) is 13.3. The lowest BCUT2D eigenvalue weighted by molar-refractivity contribution is 0.578. The van der Waals surface area contributed by atoms with Crippen LogP contribution in [0.2, 0.25) is 0 Å². The molecule has 2 rings (SSSR count). The number of hydrogen-bond donors (Lipinski definition) is 1. The Balaban J connectivity index is 1.96. The summed E-state index contributed by atoms with van der Waals surface area (Å²) < 4.78 is 2.07. The van der Waals surface area contributed by atoms with Crippen molar-refractivity contribution < 1.29 is 0 Å². The third kappa shape index (κ3) is 4.00. The quantitative estimate of drug-likeness (QED) is 0.802. The molecule has 21 heavy (non-hydrogen) atoms. The molecular formula is C17H26N4. The van der Waals surface area contributed by atoms with Gasteiger partial charge in [0.2, 0.25) is 0 Å². The van der Waals surface area contributed by atoms with E-state index in [1.165, 1.54) is 11.4 Å². The molecule has 0 bridgehead atoms. The molecule has 2 aromatic rings. The number of aromatic nitrogens is 2. The highest BCUT2D eigenvalue weighted by Crippen LogP contribution is 2.18. The van der Waals surface area contributed by atoms with E-state index in [0.29, 0.717) is 0 Å². The van der Waals surface area contributed by atoms with E-state index in [9.17, 15) is 0 Å². The van der Waals surface area contributed by atoms with Crippen molar-refractivity contribution in [3.8, 4) is 0 Å². The van der Waals surface area contributed by atoms with E-state index in [1.54, 1.807) is 0 Å². The Kier molecular flexibility index (Phi) is 5.67. The van der Waals surface area contributed by atoms with Gasteiger partial charge in [0.1, 0.15) is 0 Å². The minimum atomic E-state index is 0.810. The van der Waals surface area contributed by atoms with Crippen molar-refractivity contribution in [3.63, 3.8) is 0 Å². The van der Waals surface area contributed by atoms with Crippen molar-refractivity contribution in [2.45, 2.75) is 40.3 Å². The maximum absolute atomic E-state index is 4.35. The first-order valence-corrected chi connectivity index (χ1v) is 7.88. The normalized spacial score (nSPS) is 10.6. The second-order valence-corrected chi connectivity index (χ2v) is 5.12. The van der Waals surface area contributed by atoms with Crippen LogP contribution in [0.1, 0.15) is 32.9 Å². The molecule has 0 aliphatic carbocycles. The monoisotopic (exact) mass is 286 g/mol. The largest absolute Gasteiger partial charge is 0.379 e. The fraction of sp³-hybridized carbons (Fsp3) is 0.471. The van der Waals surface area contributed by atoms with E-state index >= 15 is 0 Å². The summed E-state index contributed by atoms with van der Waals surface area (Å²) in [6.07, 6.45) is 2.98. The van der Waals surface area contributed by atoms with E-state index in [-0.39, 0.29) is 0 Å². The van der Waals surface area contributed by atoms with Gasteiger partial charge in [-0.3, -0.25) is 4.68 Å². The van der Waals surface area contributed by atoms with Gasteiger partial charge in [0.25, 0.3) is 0 Å². The number of aryl methyl sites for hydroxylation is 1. The van der Waals surface area contributed by atoms with Crippen LogP contribution in [-0.2, 0) is 13.1 Å². The molecule has 0 aliphatic heterocycles. The molecular weight excluding hydrogens is 260 g/mol. The zero-order chi connectivity index (χ0) is 15.1. The maximum Gasteiger partial charge on any atom is 0.0575 e. The second-order valence-electron chi connectivity index (χ2n) is 5.12. The smallest absolute Gasteiger partial charge is 0.0575 e. The van der Waals surface area contributed by atoms with Gasteiger partial charge in [-0.25, -0.2) is 0 Å². The molecule has 0 aliphatic rings. The lowest BCUT2D eigenvalue weighted by Gasteiger charge is -2.21. The van der Waals surface area contributed by atoms with Crippen LogP contribution in [0.25, 0.3) is 0 Å². The average Bonchev–Trinajstić information content (AvgIpc) is 2.95. The molecule has 0 radical (unpaired) electrons. The van der Waals surface area contributed by atoms with Crippen LogP contribution >= 0.6 is 0 Å². The van der Waals surface area contributed by atoms with Crippen molar-refractivity contribution in [1.82, 2.24) is 9.78 Å². The molecule has 4 heteroatoms. The topological polar surface area (TPSA) is 33.1 Å². The van der Waals surface area contributed by atoms with Crippen molar-refractivity contribution >= 4 is 11.4 Å². The molecule has 0 saturated heterocycles. The van der Waals surface area contributed by atoms with Crippen LogP contribution in [0.5, 0.6) is 0 Å². The van der Waals surface area contributed by atoms with Crippen molar-refractivity contribution in [3.05, 3.63) is 42.2 Å². The number of nitrogens with zero attached hydrogens (tertiary/aromatic N) is 3. The molecule has 4 nitrogen and oxygen atoms in total. The molecule has 0 fully saturated rings. The Morgan fingerprint density at radius 1 is 1.05 bits per heavy atom. The molecule has 1 N–H and O–H groups in total. The third-order valence-electron chi connectivity index (χ3n) is 3.71. The number of hydrogen-bond acceptors (Lipinski definition) is 3. The molecule has 0 spiro atoms. The summed E-state index contributed by atoms with van der Waals surface area (Å²) in [5, 5.41) is 7.82. The molecule has 0 saturated carbocycles. The minimum absolute atomic E-state index is 0.810. The molecule has 0 unspecified atom stereocenters. The fourth-order valence-corrected chi connectivity index (χ4v) is 2.49. The van der Waals surface area contributed by atoms with Crippen molar-refractivity contribution in [2.24, 2.45) is 0 Å². The van der Waals surface area contributed by atoms with Crippen LogP contribution < -0.4 is 10.2 Å². The van der Waals surface area contributed by atoms with Gasteiger partial charge >= 0.3 is 0 Å². The van der Waals surface area contributed by atoms with E-state index in [2.05, 4.69) is 71.1 Å². The highest BCUT2D eigenvalue weighted by molar-refractivity contribution is 5.55. The average molecular weight is 286 g/mol. The summed E-state index contributed by atoms with van der Waals surface area (Å²) in [4.78, 5) is 2.35. The summed E-state index contributed by atoms with van der Waals surface area (Å²) in [5.74, 6) is 0. The fourth-order valence-electron chi connectivity index (χ4n) is 2.49. The van der Waals surface area contributed by atoms with Gasteiger partial charge in [-0.15, -0.1) is 0 Å². The predicted octanol–water partition coefficient (Wildman–Crippen LogP) is 3.75. The number of nitrogens with one attached hydrogen (secondary N) is 1. The van der Waals surface area contributed by atoms with Crippen LogP contribution in [0.4, 0.5) is 11.4 Å². The second kappa shape index (κ2) is 7.72. The Labute approximate surface area is 127 Å². The maximum atomic E-state index is 4.35. The van der Waals surface area contributed by atoms with E-state index in [0.717, 1.165) is 38.3 Å². The van der Waals surface area contributed by atoms with Gasteiger partial charge in [0.05, 0.1) is 12.2 Å². The van der Waals surface area contributed by atoms with E-state index in [1.807, 2.05) is 6.20 Å². The van der Waals surface area contributed by atoms with E-state index in [4.69, 9.17) is 0 Å². The van der Waals surface area contributed by atoms with Gasteiger partial charge in [0, 0.05) is 37.2 Å². The summed E-state index contributed by atoms with van der Waals surface area (Å²) >= 11 is 0. The molecule has 1 aromatic heterocycles. The Hall–Kier alpha value is -1.97. The predicted molar refractivity (Wildman–Crippen MR) is 89.8 cm³/mol. The molecule has 0 amide bonds. The number of rotatable bonds is 8. The minimum Gasteiger partial charge on any atom is -0.379 e.